The molecular weight excluding hydrogens is 324 g/mol. The third-order valence-electron chi connectivity index (χ3n) is 3.70. The first-order valence-corrected chi connectivity index (χ1v) is 7.59. The minimum atomic E-state index is 0.0739. The van der Waals surface area contributed by atoms with Gasteiger partial charge >= 0.3 is 0 Å². The van der Waals surface area contributed by atoms with E-state index in [9.17, 15) is 4.79 Å². The molecule has 3 N–H and O–H groups in total. The second-order valence-electron chi connectivity index (χ2n) is 5.06. The third-order valence-corrected chi connectivity index (χ3v) is 4.42. The second kappa shape index (κ2) is 6.01. The van der Waals surface area contributed by atoms with Gasteiger partial charge in [0.15, 0.2) is 0 Å². The summed E-state index contributed by atoms with van der Waals surface area (Å²) in [4.78, 5) is 12.6. The van der Waals surface area contributed by atoms with E-state index in [2.05, 4.69) is 28.2 Å². The normalized spacial score (nSPS) is 22.2. The van der Waals surface area contributed by atoms with E-state index >= 15 is 0 Å². The predicted molar refractivity (Wildman–Crippen MR) is 85.2 cm³/mol. The summed E-state index contributed by atoms with van der Waals surface area (Å²) in [6.07, 6.45) is 3.22. The molecule has 1 aliphatic carbocycles. The molecule has 0 spiro atoms. The Balaban J connectivity index is 2.19. The fourth-order valence-corrected chi connectivity index (χ4v) is 3.12. The van der Waals surface area contributed by atoms with E-state index in [0.717, 1.165) is 23.7 Å². The molecule has 2 rings (SSSR count). The Hall–Kier alpha value is -0.940. The standard InChI is InChI=1S/C14H17BrN2OS/c1-8-3-2-4-10(8)14(18)17-12-6-5-9(15)7-11(12)13(16)19/h5-8,10H,2-4H2,1H3,(H2,16,19)(H,17,18). The zero-order chi connectivity index (χ0) is 14.0. The van der Waals surface area contributed by atoms with Gasteiger partial charge in [0.25, 0.3) is 0 Å². The highest BCUT2D eigenvalue weighted by atomic mass is 79.9. The van der Waals surface area contributed by atoms with Crippen LogP contribution in [0.15, 0.2) is 22.7 Å². The Morgan fingerprint density at radius 3 is 2.79 bits per heavy atom. The van der Waals surface area contributed by atoms with Crippen LogP contribution in [0.2, 0.25) is 0 Å². The van der Waals surface area contributed by atoms with E-state index in [1.54, 1.807) is 0 Å². The number of halogens is 1. The predicted octanol–water partition coefficient (Wildman–Crippen LogP) is 3.46. The largest absolute Gasteiger partial charge is 0.389 e. The highest BCUT2D eigenvalue weighted by Crippen LogP contribution is 2.32. The Kier molecular flexibility index (Phi) is 4.58. The van der Waals surface area contributed by atoms with Crippen LogP contribution in [0.1, 0.15) is 31.7 Å². The summed E-state index contributed by atoms with van der Waals surface area (Å²) in [5.41, 5.74) is 7.09. The van der Waals surface area contributed by atoms with Gasteiger partial charge in [0.1, 0.15) is 4.99 Å². The first-order chi connectivity index (χ1) is 8.99. The zero-order valence-electron chi connectivity index (χ0n) is 10.8. The fourth-order valence-electron chi connectivity index (χ4n) is 2.59. The maximum atomic E-state index is 12.3. The molecule has 1 fully saturated rings. The molecule has 0 bridgehead atoms. The molecule has 1 aliphatic rings. The topological polar surface area (TPSA) is 55.1 Å². The van der Waals surface area contributed by atoms with Gasteiger partial charge in [-0.15, -0.1) is 0 Å². The summed E-state index contributed by atoms with van der Waals surface area (Å²) in [6, 6.07) is 5.53. The first-order valence-electron chi connectivity index (χ1n) is 6.39. The molecule has 1 amide bonds. The second-order valence-corrected chi connectivity index (χ2v) is 6.41. The number of rotatable bonds is 3. The minimum absolute atomic E-state index is 0.0739. The quantitative estimate of drug-likeness (QED) is 0.828. The van der Waals surface area contributed by atoms with Crippen molar-refractivity contribution in [3.8, 4) is 0 Å². The number of hydrogen-bond donors (Lipinski definition) is 2. The number of nitrogens with two attached hydrogens (primary N) is 1. The zero-order valence-corrected chi connectivity index (χ0v) is 13.2. The summed E-state index contributed by atoms with van der Waals surface area (Å²) in [7, 11) is 0. The molecule has 0 radical (unpaired) electrons. The molecule has 1 saturated carbocycles. The van der Waals surface area contributed by atoms with Crippen molar-refractivity contribution in [2.45, 2.75) is 26.2 Å². The Labute approximate surface area is 127 Å². The van der Waals surface area contributed by atoms with Crippen LogP contribution in [-0.2, 0) is 4.79 Å². The monoisotopic (exact) mass is 340 g/mol. The lowest BCUT2D eigenvalue weighted by molar-refractivity contribution is -0.120. The maximum absolute atomic E-state index is 12.3. The van der Waals surface area contributed by atoms with Crippen LogP contribution in [0.5, 0.6) is 0 Å². The van der Waals surface area contributed by atoms with Gasteiger partial charge in [-0.2, -0.15) is 0 Å². The lowest BCUT2D eigenvalue weighted by Gasteiger charge is -2.17. The molecular formula is C14H17BrN2OS. The van der Waals surface area contributed by atoms with Crippen LogP contribution in [0.25, 0.3) is 0 Å². The number of anilines is 1. The number of benzene rings is 1. The minimum Gasteiger partial charge on any atom is -0.389 e. The highest BCUT2D eigenvalue weighted by molar-refractivity contribution is 9.10. The van der Waals surface area contributed by atoms with Crippen LogP contribution in [0.3, 0.4) is 0 Å². The fraction of sp³-hybridized carbons (Fsp3) is 0.429. The van der Waals surface area contributed by atoms with Crippen molar-refractivity contribution in [1.82, 2.24) is 0 Å². The lowest BCUT2D eigenvalue weighted by atomic mass is 9.97. The molecule has 1 aromatic carbocycles. The first kappa shape index (κ1) is 14.5. The lowest BCUT2D eigenvalue weighted by Crippen LogP contribution is -2.26. The van der Waals surface area contributed by atoms with Crippen molar-refractivity contribution < 1.29 is 4.79 Å². The molecule has 2 unspecified atom stereocenters. The van der Waals surface area contributed by atoms with Crippen LogP contribution < -0.4 is 11.1 Å². The van der Waals surface area contributed by atoms with E-state index in [1.165, 1.54) is 0 Å². The molecule has 0 aromatic heterocycles. The Bertz CT molecular complexity index is 518. The van der Waals surface area contributed by atoms with E-state index in [-0.39, 0.29) is 16.8 Å². The smallest absolute Gasteiger partial charge is 0.227 e. The van der Waals surface area contributed by atoms with E-state index < -0.39 is 0 Å². The molecule has 5 heteroatoms. The van der Waals surface area contributed by atoms with E-state index in [4.69, 9.17) is 18.0 Å². The van der Waals surface area contributed by atoms with Gasteiger partial charge in [-0.3, -0.25) is 4.79 Å². The SMILES string of the molecule is CC1CCCC1C(=O)Nc1ccc(Br)cc1C(N)=S. The molecule has 0 aliphatic heterocycles. The summed E-state index contributed by atoms with van der Waals surface area (Å²) in [5.74, 6) is 0.622. The summed E-state index contributed by atoms with van der Waals surface area (Å²) in [6.45, 7) is 2.13. The van der Waals surface area contributed by atoms with E-state index in [1.807, 2.05) is 18.2 Å². The molecule has 102 valence electrons. The van der Waals surface area contributed by atoms with Gasteiger partial charge in [-0.1, -0.05) is 41.5 Å². The number of carbonyl (C=O) groups is 1. The highest BCUT2D eigenvalue weighted by Gasteiger charge is 2.30. The van der Waals surface area contributed by atoms with Gasteiger partial charge < -0.3 is 11.1 Å². The van der Waals surface area contributed by atoms with Crippen molar-refractivity contribution in [3.63, 3.8) is 0 Å². The Morgan fingerprint density at radius 2 is 2.21 bits per heavy atom. The number of thiocarbonyl (C=S) groups is 1. The van der Waals surface area contributed by atoms with Crippen molar-refractivity contribution >= 4 is 44.7 Å². The number of amides is 1. The summed E-state index contributed by atoms with van der Waals surface area (Å²) >= 11 is 8.40. The molecule has 1 aromatic rings. The summed E-state index contributed by atoms with van der Waals surface area (Å²) in [5, 5.41) is 2.96. The number of hydrogen-bond acceptors (Lipinski definition) is 2. The van der Waals surface area contributed by atoms with Crippen molar-refractivity contribution in [2.75, 3.05) is 5.32 Å². The van der Waals surface area contributed by atoms with Crippen LogP contribution >= 0.6 is 28.1 Å². The van der Waals surface area contributed by atoms with Crippen molar-refractivity contribution in [3.05, 3.63) is 28.2 Å². The molecule has 3 nitrogen and oxygen atoms in total. The van der Waals surface area contributed by atoms with Crippen LogP contribution in [-0.4, -0.2) is 10.9 Å². The van der Waals surface area contributed by atoms with Gasteiger partial charge in [0.05, 0.1) is 5.69 Å². The number of nitrogens with one attached hydrogen (secondary N) is 1. The average molecular weight is 341 g/mol. The summed E-state index contributed by atoms with van der Waals surface area (Å²) < 4.78 is 0.891. The van der Waals surface area contributed by atoms with Gasteiger partial charge in [0.2, 0.25) is 5.91 Å². The average Bonchev–Trinajstić information content (AvgIpc) is 2.77. The van der Waals surface area contributed by atoms with Gasteiger partial charge in [-0.25, -0.2) is 0 Å². The van der Waals surface area contributed by atoms with Gasteiger partial charge in [-0.05, 0) is 37.0 Å². The molecule has 0 saturated heterocycles. The molecule has 2 atom stereocenters. The van der Waals surface area contributed by atoms with Crippen molar-refractivity contribution in [2.24, 2.45) is 17.6 Å². The van der Waals surface area contributed by atoms with E-state index in [0.29, 0.717) is 17.2 Å². The Morgan fingerprint density at radius 1 is 1.47 bits per heavy atom. The van der Waals surface area contributed by atoms with Crippen molar-refractivity contribution in [1.29, 1.82) is 0 Å². The van der Waals surface area contributed by atoms with Crippen LogP contribution in [0, 0.1) is 11.8 Å². The third kappa shape index (κ3) is 3.34. The van der Waals surface area contributed by atoms with Crippen LogP contribution in [0.4, 0.5) is 5.69 Å². The maximum Gasteiger partial charge on any atom is 0.227 e. The molecule has 19 heavy (non-hydrogen) atoms. The molecule has 0 heterocycles. The number of carbonyl (C=O) groups excluding carboxylic acids is 1. The van der Waals surface area contributed by atoms with Gasteiger partial charge in [0, 0.05) is 16.0 Å².